The van der Waals surface area contributed by atoms with E-state index in [0.29, 0.717) is 18.5 Å². The molecule has 6 heteroatoms. The third kappa shape index (κ3) is 3.62. The van der Waals surface area contributed by atoms with Crippen molar-refractivity contribution in [2.75, 3.05) is 13.1 Å². The zero-order chi connectivity index (χ0) is 12.9. The molecular formula is C11H15FN2O2S. The van der Waals surface area contributed by atoms with Gasteiger partial charge in [0.1, 0.15) is 10.7 Å². The Morgan fingerprint density at radius 1 is 1.47 bits per heavy atom. The van der Waals surface area contributed by atoms with Crippen LogP contribution in [0.25, 0.3) is 0 Å². The van der Waals surface area contributed by atoms with Gasteiger partial charge in [-0.1, -0.05) is 12.1 Å². The maximum absolute atomic E-state index is 13.5. The molecule has 0 aliphatic carbocycles. The van der Waals surface area contributed by atoms with Gasteiger partial charge in [0.2, 0.25) is 10.0 Å². The molecule has 0 radical (unpaired) electrons. The Bertz CT molecular complexity index is 500. The molecule has 0 amide bonds. The smallest absolute Gasteiger partial charge is 0.243 e. The maximum atomic E-state index is 13.5. The molecule has 0 heterocycles. The molecule has 4 nitrogen and oxygen atoms in total. The molecule has 17 heavy (non-hydrogen) atoms. The fourth-order valence-corrected chi connectivity index (χ4v) is 2.45. The summed E-state index contributed by atoms with van der Waals surface area (Å²) < 4.78 is 39.2. The Hall–Kier alpha value is -1.24. The van der Waals surface area contributed by atoms with Gasteiger partial charge in [-0.15, -0.1) is 6.58 Å². The van der Waals surface area contributed by atoms with Crippen LogP contribution >= 0.6 is 0 Å². The Morgan fingerprint density at radius 2 is 2.18 bits per heavy atom. The minimum atomic E-state index is -3.83. The van der Waals surface area contributed by atoms with Gasteiger partial charge in [0.25, 0.3) is 0 Å². The molecule has 0 bridgehead atoms. The van der Waals surface area contributed by atoms with Crippen molar-refractivity contribution in [1.82, 2.24) is 4.72 Å². The van der Waals surface area contributed by atoms with Crippen molar-refractivity contribution in [2.24, 2.45) is 5.73 Å². The van der Waals surface area contributed by atoms with Gasteiger partial charge in [0, 0.05) is 6.54 Å². The number of hydrogen-bond acceptors (Lipinski definition) is 3. The minimum Gasteiger partial charge on any atom is -0.330 e. The number of nitrogens with two attached hydrogens (primary N) is 1. The number of sulfonamides is 1. The Balaban J connectivity index is 3.10. The van der Waals surface area contributed by atoms with Gasteiger partial charge in [0.15, 0.2) is 0 Å². The first kappa shape index (κ1) is 13.8. The van der Waals surface area contributed by atoms with Crippen molar-refractivity contribution in [1.29, 1.82) is 0 Å². The van der Waals surface area contributed by atoms with Gasteiger partial charge in [-0.25, -0.2) is 17.5 Å². The predicted octanol–water partition coefficient (Wildman–Crippen LogP) is 0.791. The molecule has 0 unspecified atom stereocenters. The summed E-state index contributed by atoms with van der Waals surface area (Å²) in [6.07, 6.45) is 1.89. The molecule has 0 atom stereocenters. The monoisotopic (exact) mass is 258 g/mol. The molecule has 0 saturated carbocycles. The molecule has 1 rings (SSSR count). The summed E-state index contributed by atoms with van der Waals surface area (Å²) in [6, 6.07) is 3.95. The molecule has 0 aliphatic heterocycles. The first-order chi connectivity index (χ1) is 8.01. The Morgan fingerprint density at radius 3 is 2.76 bits per heavy atom. The third-order valence-corrected chi connectivity index (χ3v) is 3.57. The lowest BCUT2D eigenvalue weighted by Gasteiger charge is -2.07. The van der Waals surface area contributed by atoms with Crippen molar-refractivity contribution in [3.05, 3.63) is 42.2 Å². The van der Waals surface area contributed by atoms with Gasteiger partial charge in [-0.3, -0.25) is 0 Å². The number of halogens is 1. The average molecular weight is 258 g/mol. The summed E-state index contributed by atoms with van der Waals surface area (Å²) in [5.74, 6) is -0.776. The lowest BCUT2D eigenvalue weighted by atomic mass is 10.1. The quantitative estimate of drug-likeness (QED) is 0.741. The average Bonchev–Trinajstić information content (AvgIpc) is 2.29. The van der Waals surface area contributed by atoms with Crippen LogP contribution in [-0.4, -0.2) is 21.5 Å². The van der Waals surface area contributed by atoms with Crippen LogP contribution in [0.3, 0.4) is 0 Å². The van der Waals surface area contributed by atoms with E-state index < -0.39 is 15.8 Å². The van der Waals surface area contributed by atoms with E-state index in [1.807, 2.05) is 0 Å². The summed E-state index contributed by atoms with van der Waals surface area (Å²) >= 11 is 0. The fraction of sp³-hybridized carbons (Fsp3) is 0.273. The van der Waals surface area contributed by atoms with E-state index in [2.05, 4.69) is 11.3 Å². The van der Waals surface area contributed by atoms with Crippen molar-refractivity contribution in [2.45, 2.75) is 11.3 Å². The van der Waals surface area contributed by atoms with E-state index >= 15 is 0 Å². The van der Waals surface area contributed by atoms with E-state index in [0.717, 1.165) is 6.07 Å². The highest BCUT2D eigenvalue weighted by molar-refractivity contribution is 7.89. The second-order valence-corrected chi connectivity index (χ2v) is 5.18. The Labute approximate surface area is 100 Å². The number of nitrogens with one attached hydrogen (secondary N) is 1. The lowest BCUT2D eigenvalue weighted by molar-refractivity contribution is 0.559. The minimum absolute atomic E-state index is 0.0584. The fourth-order valence-electron chi connectivity index (χ4n) is 1.32. The van der Waals surface area contributed by atoms with Gasteiger partial charge < -0.3 is 5.73 Å². The molecular weight excluding hydrogens is 243 g/mol. The normalized spacial score (nSPS) is 11.4. The van der Waals surface area contributed by atoms with Crippen molar-refractivity contribution < 1.29 is 12.8 Å². The highest BCUT2D eigenvalue weighted by Crippen LogP contribution is 2.16. The summed E-state index contributed by atoms with van der Waals surface area (Å²) in [5, 5.41) is 0. The standard InChI is InChI=1S/C11H15FN2O2S/c1-2-7-14-17(15,16)11-8-9(5-6-13)3-4-10(11)12/h2-4,8,14H,1,5-7,13H2. The van der Waals surface area contributed by atoms with Gasteiger partial charge >= 0.3 is 0 Å². The van der Waals surface area contributed by atoms with Gasteiger partial charge in [0.05, 0.1) is 0 Å². The molecule has 94 valence electrons. The van der Waals surface area contributed by atoms with Gasteiger partial charge in [-0.2, -0.15) is 0 Å². The van der Waals surface area contributed by atoms with E-state index in [4.69, 9.17) is 5.73 Å². The van der Waals surface area contributed by atoms with E-state index in [-0.39, 0.29) is 11.4 Å². The Kier molecular flexibility index (Phi) is 4.80. The van der Waals surface area contributed by atoms with Crippen LogP contribution in [0.15, 0.2) is 35.7 Å². The second kappa shape index (κ2) is 5.90. The molecule has 0 fully saturated rings. The van der Waals surface area contributed by atoms with E-state index in [1.165, 1.54) is 18.2 Å². The zero-order valence-corrected chi connectivity index (χ0v) is 10.1. The second-order valence-electron chi connectivity index (χ2n) is 3.44. The highest BCUT2D eigenvalue weighted by Gasteiger charge is 2.18. The largest absolute Gasteiger partial charge is 0.330 e. The zero-order valence-electron chi connectivity index (χ0n) is 9.32. The van der Waals surface area contributed by atoms with E-state index in [1.54, 1.807) is 0 Å². The number of benzene rings is 1. The van der Waals surface area contributed by atoms with Crippen LogP contribution in [-0.2, 0) is 16.4 Å². The summed E-state index contributed by atoms with van der Waals surface area (Å²) in [7, 11) is -3.83. The molecule has 1 aromatic carbocycles. The molecule has 3 N–H and O–H groups in total. The SMILES string of the molecule is C=CCNS(=O)(=O)c1cc(CCN)ccc1F. The third-order valence-electron chi connectivity index (χ3n) is 2.14. The van der Waals surface area contributed by atoms with Crippen molar-refractivity contribution in [3.63, 3.8) is 0 Å². The molecule has 0 aliphatic rings. The van der Waals surface area contributed by atoms with Crippen LogP contribution in [0.5, 0.6) is 0 Å². The lowest BCUT2D eigenvalue weighted by Crippen LogP contribution is -2.24. The number of rotatable bonds is 6. The molecule has 0 saturated heterocycles. The predicted molar refractivity (Wildman–Crippen MR) is 64.5 cm³/mol. The van der Waals surface area contributed by atoms with Crippen LogP contribution in [0.1, 0.15) is 5.56 Å². The molecule has 0 aromatic heterocycles. The van der Waals surface area contributed by atoms with Crippen molar-refractivity contribution in [3.8, 4) is 0 Å². The summed E-state index contributed by atoms with van der Waals surface area (Å²) in [5.41, 5.74) is 6.05. The topological polar surface area (TPSA) is 72.2 Å². The maximum Gasteiger partial charge on any atom is 0.243 e. The molecule has 1 aromatic rings. The first-order valence-corrected chi connectivity index (χ1v) is 6.58. The van der Waals surface area contributed by atoms with E-state index in [9.17, 15) is 12.8 Å². The first-order valence-electron chi connectivity index (χ1n) is 5.10. The number of hydrogen-bond donors (Lipinski definition) is 2. The van der Waals surface area contributed by atoms with Crippen molar-refractivity contribution >= 4 is 10.0 Å². The summed E-state index contributed by atoms with van der Waals surface area (Å²) in [4.78, 5) is -0.356. The highest BCUT2D eigenvalue weighted by atomic mass is 32.2. The van der Waals surface area contributed by atoms with Crippen LogP contribution in [0, 0.1) is 5.82 Å². The van der Waals surface area contributed by atoms with Gasteiger partial charge in [-0.05, 0) is 30.7 Å². The van der Waals surface area contributed by atoms with Crippen LogP contribution < -0.4 is 10.5 Å². The molecule has 0 spiro atoms. The van der Waals surface area contributed by atoms with Crippen LogP contribution in [0.4, 0.5) is 4.39 Å². The van der Waals surface area contributed by atoms with Crippen LogP contribution in [0.2, 0.25) is 0 Å². The summed E-state index contributed by atoms with van der Waals surface area (Å²) in [6.45, 7) is 3.83.